The number of Topliss-reactive ketones (excluding diaryl/α,β-unsaturated/α-hetero) is 1. The highest BCUT2D eigenvalue weighted by Gasteiger charge is 2.46. The van der Waals surface area contributed by atoms with E-state index in [2.05, 4.69) is 0 Å². The molecule has 1 heterocycles. The summed E-state index contributed by atoms with van der Waals surface area (Å²) < 4.78 is 5.23. The molecule has 0 aliphatic carbocycles. The van der Waals surface area contributed by atoms with Crippen LogP contribution in [0.25, 0.3) is 5.76 Å². The number of carbonyl (C=O) groups is 2. The molecule has 3 aromatic rings. The number of hydrogen-bond acceptors (Lipinski definition) is 4. The molecule has 3 aromatic carbocycles. The molecule has 0 saturated carbocycles. The van der Waals surface area contributed by atoms with Crippen molar-refractivity contribution in [2.75, 3.05) is 7.11 Å². The van der Waals surface area contributed by atoms with Crippen molar-refractivity contribution in [2.24, 2.45) is 0 Å². The number of ketones is 1. The molecule has 1 amide bonds. The molecule has 1 aliphatic rings. The number of carbonyl (C=O) groups excluding carboxylic acids is 2. The number of halogens is 1. The molecule has 1 N–H and O–H groups in total. The minimum Gasteiger partial charge on any atom is -0.507 e. The van der Waals surface area contributed by atoms with E-state index in [-0.39, 0.29) is 17.9 Å². The molecule has 0 spiro atoms. The first kappa shape index (κ1) is 20.7. The van der Waals surface area contributed by atoms with E-state index in [0.717, 1.165) is 5.56 Å². The van der Waals surface area contributed by atoms with Crippen molar-refractivity contribution < 1.29 is 19.4 Å². The second-order valence-electron chi connectivity index (χ2n) is 7.19. The molecule has 1 saturated heterocycles. The Morgan fingerprint density at radius 1 is 0.968 bits per heavy atom. The summed E-state index contributed by atoms with van der Waals surface area (Å²) in [5.41, 5.74) is 2.05. The first-order chi connectivity index (χ1) is 15.0. The van der Waals surface area contributed by atoms with Gasteiger partial charge in [0.15, 0.2) is 0 Å². The Labute approximate surface area is 185 Å². The molecule has 156 valence electrons. The van der Waals surface area contributed by atoms with Gasteiger partial charge >= 0.3 is 0 Å². The zero-order valence-electron chi connectivity index (χ0n) is 16.8. The Balaban J connectivity index is 1.85. The SMILES string of the molecule is COc1ccc(C2C(=C(O)c3ccc(Cl)cc3)C(=O)C(=O)N2Cc2ccccc2)cc1. The zero-order valence-corrected chi connectivity index (χ0v) is 17.5. The molecular weight excluding hydrogens is 414 g/mol. The molecule has 4 rings (SSSR count). The topological polar surface area (TPSA) is 66.8 Å². The van der Waals surface area contributed by atoms with Crippen LogP contribution in [0, 0.1) is 0 Å². The van der Waals surface area contributed by atoms with Crippen LogP contribution in [0.2, 0.25) is 5.02 Å². The number of aliphatic hydroxyl groups is 1. The number of likely N-dealkylation sites (tertiary alicyclic amines) is 1. The average Bonchev–Trinajstić information content (AvgIpc) is 3.05. The first-order valence-electron chi connectivity index (χ1n) is 9.72. The average molecular weight is 434 g/mol. The Bertz CT molecular complexity index is 1140. The maximum absolute atomic E-state index is 13.0. The van der Waals surface area contributed by atoms with E-state index in [4.69, 9.17) is 16.3 Å². The van der Waals surface area contributed by atoms with Gasteiger partial charge in [-0.1, -0.05) is 54.1 Å². The first-order valence-corrected chi connectivity index (χ1v) is 10.1. The summed E-state index contributed by atoms with van der Waals surface area (Å²) >= 11 is 5.96. The third kappa shape index (κ3) is 4.05. The van der Waals surface area contributed by atoms with Crippen LogP contribution in [0.3, 0.4) is 0 Å². The lowest BCUT2D eigenvalue weighted by Gasteiger charge is -2.25. The molecule has 6 heteroatoms. The standard InChI is InChI=1S/C25H20ClNO4/c1-31-20-13-9-17(10-14-20)22-21(23(28)18-7-11-19(26)12-8-18)24(29)25(30)27(22)15-16-5-3-2-4-6-16/h2-14,22,28H,15H2,1H3. The van der Waals surface area contributed by atoms with Gasteiger partial charge in [0.05, 0.1) is 18.7 Å². The van der Waals surface area contributed by atoms with Gasteiger partial charge in [-0.15, -0.1) is 0 Å². The van der Waals surface area contributed by atoms with Crippen LogP contribution in [0.1, 0.15) is 22.7 Å². The molecule has 0 radical (unpaired) electrons. The number of benzene rings is 3. The van der Waals surface area contributed by atoms with Gasteiger partial charge in [-0.3, -0.25) is 9.59 Å². The summed E-state index contributed by atoms with van der Waals surface area (Å²) in [6.07, 6.45) is 0. The molecule has 5 nitrogen and oxygen atoms in total. The van der Waals surface area contributed by atoms with Crippen molar-refractivity contribution >= 4 is 29.1 Å². The van der Waals surface area contributed by atoms with Crippen LogP contribution in [0.5, 0.6) is 5.75 Å². The number of aliphatic hydroxyl groups excluding tert-OH is 1. The lowest BCUT2D eigenvalue weighted by molar-refractivity contribution is -0.140. The van der Waals surface area contributed by atoms with Gasteiger partial charge in [0, 0.05) is 17.1 Å². The van der Waals surface area contributed by atoms with Crippen molar-refractivity contribution in [1.82, 2.24) is 4.90 Å². The van der Waals surface area contributed by atoms with Crippen molar-refractivity contribution in [2.45, 2.75) is 12.6 Å². The fourth-order valence-electron chi connectivity index (χ4n) is 3.72. The van der Waals surface area contributed by atoms with E-state index in [1.54, 1.807) is 55.6 Å². The Hall–Kier alpha value is -3.57. The number of hydrogen-bond donors (Lipinski definition) is 1. The molecule has 1 fully saturated rings. The Morgan fingerprint density at radius 2 is 1.61 bits per heavy atom. The van der Waals surface area contributed by atoms with Gasteiger partial charge in [0.2, 0.25) is 0 Å². The van der Waals surface area contributed by atoms with Crippen LogP contribution in [0.4, 0.5) is 0 Å². The minimum absolute atomic E-state index is 0.0495. The van der Waals surface area contributed by atoms with Crippen LogP contribution in [-0.4, -0.2) is 28.8 Å². The fraction of sp³-hybridized carbons (Fsp3) is 0.120. The molecule has 1 atom stereocenters. The molecule has 31 heavy (non-hydrogen) atoms. The van der Waals surface area contributed by atoms with E-state index < -0.39 is 17.7 Å². The van der Waals surface area contributed by atoms with Gasteiger partial charge in [0.1, 0.15) is 11.5 Å². The quantitative estimate of drug-likeness (QED) is 0.350. The molecule has 0 aromatic heterocycles. The Kier molecular flexibility index (Phi) is 5.78. The summed E-state index contributed by atoms with van der Waals surface area (Å²) in [7, 11) is 1.57. The van der Waals surface area contributed by atoms with Crippen LogP contribution >= 0.6 is 11.6 Å². The lowest BCUT2D eigenvalue weighted by Crippen LogP contribution is -2.29. The van der Waals surface area contributed by atoms with E-state index in [0.29, 0.717) is 21.9 Å². The van der Waals surface area contributed by atoms with Gasteiger partial charge in [-0.2, -0.15) is 0 Å². The molecule has 1 unspecified atom stereocenters. The molecular formula is C25H20ClNO4. The third-order valence-electron chi connectivity index (χ3n) is 5.28. The van der Waals surface area contributed by atoms with E-state index in [9.17, 15) is 14.7 Å². The maximum Gasteiger partial charge on any atom is 0.295 e. The van der Waals surface area contributed by atoms with Crippen molar-refractivity contribution in [3.8, 4) is 5.75 Å². The number of ether oxygens (including phenoxy) is 1. The number of rotatable bonds is 5. The van der Waals surface area contributed by atoms with E-state index in [1.165, 1.54) is 4.90 Å². The summed E-state index contributed by atoms with van der Waals surface area (Å²) in [6, 6.07) is 22.3. The van der Waals surface area contributed by atoms with Crippen LogP contribution in [0.15, 0.2) is 84.4 Å². The number of amides is 1. The van der Waals surface area contributed by atoms with Crippen molar-refractivity contribution in [3.63, 3.8) is 0 Å². The van der Waals surface area contributed by atoms with Crippen LogP contribution < -0.4 is 4.74 Å². The Morgan fingerprint density at radius 3 is 2.23 bits per heavy atom. The summed E-state index contributed by atoms with van der Waals surface area (Å²) in [5.74, 6) is -0.947. The third-order valence-corrected chi connectivity index (χ3v) is 5.54. The van der Waals surface area contributed by atoms with E-state index >= 15 is 0 Å². The smallest absolute Gasteiger partial charge is 0.295 e. The second-order valence-corrected chi connectivity index (χ2v) is 7.63. The summed E-state index contributed by atoms with van der Waals surface area (Å²) in [6.45, 7) is 0.236. The number of nitrogens with zero attached hydrogens (tertiary/aromatic N) is 1. The van der Waals surface area contributed by atoms with Crippen molar-refractivity contribution in [3.05, 3.63) is 106 Å². The highest BCUT2D eigenvalue weighted by molar-refractivity contribution is 6.46. The lowest BCUT2D eigenvalue weighted by atomic mass is 9.95. The maximum atomic E-state index is 13.0. The highest BCUT2D eigenvalue weighted by atomic mass is 35.5. The van der Waals surface area contributed by atoms with Gasteiger partial charge in [-0.05, 0) is 47.5 Å². The zero-order chi connectivity index (χ0) is 22.0. The molecule has 0 bridgehead atoms. The highest BCUT2D eigenvalue weighted by Crippen LogP contribution is 2.40. The largest absolute Gasteiger partial charge is 0.507 e. The second kappa shape index (κ2) is 8.66. The normalized spacial score (nSPS) is 17.7. The number of methoxy groups -OCH3 is 1. The van der Waals surface area contributed by atoms with Gasteiger partial charge in [0.25, 0.3) is 11.7 Å². The predicted molar refractivity (Wildman–Crippen MR) is 119 cm³/mol. The van der Waals surface area contributed by atoms with Crippen molar-refractivity contribution in [1.29, 1.82) is 0 Å². The van der Waals surface area contributed by atoms with Gasteiger partial charge < -0.3 is 14.7 Å². The monoisotopic (exact) mass is 433 g/mol. The predicted octanol–water partition coefficient (Wildman–Crippen LogP) is 4.97. The summed E-state index contributed by atoms with van der Waals surface area (Å²) in [5, 5.41) is 11.5. The van der Waals surface area contributed by atoms with Gasteiger partial charge in [-0.25, -0.2) is 0 Å². The summed E-state index contributed by atoms with van der Waals surface area (Å²) in [4.78, 5) is 27.5. The molecule has 1 aliphatic heterocycles. The van der Waals surface area contributed by atoms with Crippen LogP contribution in [-0.2, 0) is 16.1 Å². The fourth-order valence-corrected chi connectivity index (χ4v) is 3.85. The van der Waals surface area contributed by atoms with E-state index in [1.807, 2.05) is 30.3 Å². The minimum atomic E-state index is -0.734.